The predicted octanol–water partition coefficient (Wildman–Crippen LogP) is 3.58. The van der Waals surface area contributed by atoms with Gasteiger partial charge in [-0.2, -0.15) is 18.3 Å². The van der Waals surface area contributed by atoms with Gasteiger partial charge in [0.2, 0.25) is 5.76 Å². The molecule has 1 N–H and O–H groups in total. The van der Waals surface area contributed by atoms with Gasteiger partial charge in [0.25, 0.3) is 5.91 Å². The monoisotopic (exact) mass is 411 g/mol. The third-order valence-corrected chi connectivity index (χ3v) is 5.87. The van der Waals surface area contributed by atoms with Crippen molar-refractivity contribution >= 4 is 11.7 Å². The first-order chi connectivity index (χ1) is 13.8. The van der Waals surface area contributed by atoms with Gasteiger partial charge < -0.3 is 14.7 Å². The number of aromatic nitrogens is 3. The van der Waals surface area contributed by atoms with Gasteiger partial charge in [-0.15, -0.1) is 0 Å². The molecule has 2 aromatic rings. The van der Waals surface area contributed by atoms with Crippen LogP contribution in [0.3, 0.4) is 0 Å². The summed E-state index contributed by atoms with van der Waals surface area (Å²) in [5, 5.41) is 11.1. The lowest BCUT2D eigenvalue weighted by Crippen LogP contribution is -2.47. The molecule has 4 rings (SSSR count). The number of fused-ring (bicyclic) bond motifs is 1. The molecule has 0 radical (unpaired) electrons. The minimum Gasteiger partial charge on any atom is -0.367 e. The van der Waals surface area contributed by atoms with Crippen molar-refractivity contribution in [1.82, 2.24) is 19.8 Å². The highest BCUT2D eigenvalue weighted by molar-refractivity contribution is 5.91. The summed E-state index contributed by atoms with van der Waals surface area (Å²) in [6, 6.07) is 1.37. The van der Waals surface area contributed by atoms with Crippen LogP contribution in [-0.2, 0) is 6.42 Å². The summed E-state index contributed by atoms with van der Waals surface area (Å²) in [6.07, 6.45) is -2.46. The Bertz CT molecular complexity index is 883. The zero-order valence-electron chi connectivity index (χ0n) is 16.4. The molecule has 0 aromatic carbocycles. The molecule has 7 nitrogen and oxygen atoms in total. The molecule has 0 aliphatic carbocycles. The number of aryl methyl sites for hydroxylation is 2. The van der Waals surface area contributed by atoms with E-state index in [1.807, 2.05) is 6.92 Å². The second-order valence-corrected chi connectivity index (χ2v) is 7.83. The Hall–Kier alpha value is -2.52. The zero-order chi connectivity index (χ0) is 20.8. The molecule has 0 unspecified atom stereocenters. The fourth-order valence-electron chi connectivity index (χ4n) is 4.27. The lowest BCUT2D eigenvalue weighted by atomic mass is 9.84. The van der Waals surface area contributed by atoms with E-state index in [0.717, 1.165) is 10.4 Å². The molecule has 0 saturated carbocycles. The number of rotatable bonds is 3. The second kappa shape index (κ2) is 7.38. The Morgan fingerprint density at radius 3 is 2.66 bits per heavy atom. The number of halogens is 3. The number of carbonyl (C=O) groups is 1. The van der Waals surface area contributed by atoms with Crippen molar-refractivity contribution in [1.29, 1.82) is 0 Å². The normalized spacial score (nSPS) is 23.0. The Balaban J connectivity index is 1.42. The number of nitrogens with one attached hydrogen (secondary N) is 1. The van der Waals surface area contributed by atoms with Crippen LogP contribution in [0.25, 0.3) is 0 Å². The molecule has 0 bridgehead atoms. The molecule has 1 amide bonds. The molecule has 1 fully saturated rings. The van der Waals surface area contributed by atoms with Gasteiger partial charge in [-0.25, -0.2) is 4.68 Å². The van der Waals surface area contributed by atoms with Crippen LogP contribution in [-0.4, -0.2) is 51.1 Å². The quantitative estimate of drug-likeness (QED) is 0.836. The van der Waals surface area contributed by atoms with Crippen LogP contribution >= 0.6 is 0 Å². The molecule has 0 spiro atoms. The number of alkyl halides is 3. The second-order valence-electron chi connectivity index (χ2n) is 7.83. The van der Waals surface area contributed by atoms with E-state index in [-0.39, 0.29) is 30.0 Å². The summed E-state index contributed by atoms with van der Waals surface area (Å²) in [5.74, 6) is 0.462. The fourth-order valence-corrected chi connectivity index (χ4v) is 4.27. The molecular weight excluding hydrogens is 387 g/mol. The van der Waals surface area contributed by atoms with E-state index in [2.05, 4.69) is 15.6 Å². The third-order valence-electron chi connectivity index (χ3n) is 5.87. The van der Waals surface area contributed by atoms with Crippen molar-refractivity contribution < 1.29 is 22.5 Å². The highest BCUT2D eigenvalue weighted by Crippen LogP contribution is 2.42. The molecule has 158 valence electrons. The number of hydrogen-bond donors (Lipinski definition) is 1. The summed E-state index contributed by atoms with van der Waals surface area (Å²) in [6.45, 7) is 4.58. The highest BCUT2D eigenvalue weighted by Gasteiger charge is 2.47. The first-order valence-electron chi connectivity index (χ1n) is 9.90. The van der Waals surface area contributed by atoms with E-state index in [1.165, 1.54) is 0 Å². The van der Waals surface area contributed by atoms with Gasteiger partial charge in [-0.1, -0.05) is 12.1 Å². The Labute approximate surface area is 166 Å². The minimum atomic E-state index is -4.35. The largest absolute Gasteiger partial charge is 0.410 e. The summed E-state index contributed by atoms with van der Waals surface area (Å²) < 4.78 is 47.0. The maximum atomic E-state index is 13.6. The number of likely N-dealkylation sites (tertiary alicyclic amines) is 1. The van der Waals surface area contributed by atoms with Crippen molar-refractivity contribution in [2.24, 2.45) is 5.92 Å². The van der Waals surface area contributed by atoms with Gasteiger partial charge in [0.1, 0.15) is 5.82 Å². The van der Waals surface area contributed by atoms with Crippen molar-refractivity contribution in [2.45, 2.75) is 57.8 Å². The Kier molecular flexibility index (Phi) is 5.04. The molecule has 2 aliphatic heterocycles. The summed E-state index contributed by atoms with van der Waals surface area (Å²) in [5.41, 5.74) is 1.28. The van der Waals surface area contributed by atoms with E-state index in [4.69, 9.17) is 4.52 Å². The number of carbonyl (C=O) groups excluding carboxylic acids is 1. The van der Waals surface area contributed by atoms with Crippen LogP contribution < -0.4 is 5.32 Å². The number of nitrogens with zero attached hydrogens (tertiary/aromatic N) is 4. The van der Waals surface area contributed by atoms with Crippen molar-refractivity contribution in [3.8, 4) is 0 Å². The van der Waals surface area contributed by atoms with Crippen molar-refractivity contribution in [2.75, 3.05) is 18.4 Å². The van der Waals surface area contributed by atoms with Gasteiger partial charge in [-0.3, -0.25) is 4.79 Å². The predicted molar refractivity (Wildman–Crippen MR) is 98.6 cm³/mol. The van der Waals surface area contributed by atoms with E-state index >= 15 is 0 Å². The highest BCUT2D eigenvalue weighted by atomic mass is 19.4. The van der Waals surface area contributed by atoms with Gasteiger partial charge >= 0.3 is 6.18 Å². The molecule has 2 atom stereocenters. The van der Waals surface area contributed by atoms with Gasteiger partial charge in [0.05, 0.1) is 11.4 Å². The summed E-state index contributed by atoms with van der Waals surface area (Å²) in [4.78, 5) is 14.3. The summed E-state index contributed by atoms with van der Waals surface area (Å²) >= 11 is 0. The maximum absolute atomic E-state index is 13.6. The number of amides is 1. The molecular formula is C19H24F3N5O2. The van der Waals surface area contributed by atoms with E-state index in [0.29, 0.717) is 43.9 Å². The standard InChI is InChI=1S/C19H24F3N5O2/c1-3-13-9-15(29-25-13)18(28)26-6-4-12(5-7-26)14-10-16(19(20,21)22)27-17(23-14)8-11(2)24-27/h8-9,12,14,16,23H,3-7,10H2,1-2H3/t14-,16+/m0/s1. The van der Waals surface area contributed by atoms with Gasteiger partial charge in [0, 0.05) is 31.3 Å². The molecule has 2 aliphatic rings. The lowest BCUT2D eigenvalue weighted by Gasteiger charge is -2.40. The van der Waals surface area contributed by atoms with Crippen LogP contribution in [0, 0.1) is 12.8 Å². The molecule has 10 heteroatoms. The minimum absolute atomic E-state index is 0.0498. The van der Waals surface area contributed by atoms with Gasteiger partial charge in [0.15, 0.2) is 6.04 Å². The molecule has 29 heavy (non-hydrogen) atoms. The van der Waals surface area contributed by atoms with Crippen molar-refractivity contribution in [3.05, 3.63) is 29.3 Å². The van der Waals surface area contributed by atoms with Crippen LogP contribution in [0.1, 0.15) is 54.2 Å². The van der Waals surface area contributed by atoms with E-state index < -0.39 is 12.2 Å². The Morgan fingerprint density at radius 2 is 2.03 bits per heavy atom. The Morgan fingerprint density at radius 1 is 1.31 bits per heavy atom. The first-order valence-corrected chi connectivity index (χ1v) is 9.90. The van der Waals surface area contributed by atoms with Crippen LogP contribution in [0.2, 0.25) is 0 Å². The van der Waals surface area contributed by atoms with Crippen molar-refractivity contribution in [3.63, 3.8) is 0 Å². The number of piperidine rings is 1. The van der Waals surface area contributed by atoms with Crippen LogP contribution in [0.4, 0.5) is 19.0 Å². The average Bonchev–Trinajstić information content (AvgIpc) is 3.31. The lowest BCUT2D eigenvalue weighted by molar-refractivity contribution is -0.174. The zero-order valence-corrected chi connectivity index (χ0v) is 16.4. The molecule has 4 heterocycles. The molecule has 1 saturated heterocycles. The number of hydrogen-bond acceptors (Lipinski definition) is 5. The van der Waals surface area contributed by atoms with E-state index in [9.17, 15) is 18.0 Å². The van der Waals surface area contributed by atoms with Gasteiger partial charge in [-0.05, 0) is 38.5 Å². The average molecular weight is 411 g/mol. The maximum Gasteiger partial charge on any atom is 0.410 e. The summed E-state index contributed by atoms with van der Waals surface area (Å²) in [7, 11) is 0. The fraction of sp³-hybridized carbons (Fsp3) is 0.632. The third kappa shape index (κ3) is 3.84. The van der Waals surface area contributed by atoms with E-state index in [1.54, 1.807) is 24.0 Å². The topological polar surface area (TPSA) is 76.2 Å². The smallest absolute Gasteiger partial charge is 0.367 e. The first kappa shape index (κ1) is 19.8. The van der Waals surface area contributed by atoms with Crippen LogP contribution in [0.5, 0.6) is 0 Å². The number of anilines is 1. The SMILES string of the molecule is CCc1cc(C(=O)N2CCC([C@@H]3C[C@H](C(F)(F)F)n4nc(C)cc4N3)CC2)on1. The van der Waals surface area contributed by atoms with Crippen LogP contribution in [0.15, 0.2) is 16.7 Å². The molecule has 2 aromatic heterocycles.